The van der Waals surface area contributed by atoms with E-state index >= 15 is 0 Å². The second-order valence-corrected chi connectivity index (χ2v) is 6.19. The van der Waals surface area contributed by atoms with Crippen molar-refractivity contribution in [1.82, 2.24) is 10.2 Å². The van der Waals surface area contributed by atoms with Crippen molar-refractivity contribution >= 4 is 11.6 Å². The van der Waals surface area contributed by atoms with Crippen molar-refractivity contribution in [1.29, 1.82) is 0 Å². The molecule has 0 aliphatic carbocycles. The molecule has 1 N–H and O–H groups in total. The van der Waals surface area contributed by atoms with Crippen molar-refractivity contribution in [2.45, 2.75) is 38.6 Å². The van der Waals surface area contributed by atoms with Gasteiger partial charge in [0, 0.05) is 24.2 Å². The molecule has 0 bridgehead atoms. The molecule has 1 fully saturated rings. The fourth-order valence-electron chi connectivity index (χ4n) is 2.75. The molecule has 1 heterocycles. The van der Waals surface area contributed by atoms with Crippen molar-refractivity contribution in [3.63, 3.8) is 0 Å². The molecule has 1 unspecified atom stereocenters. The van der Waals surface area contributed by atoms with E-state index in [2.05, 4.69) is 17.1 Å². The van der Waals surface area contributed by atoms with E-state index < -0.39 is 0 Å². The summed E-state index contributed by atoms with van der Waals surface area (Å²) >= 11 is 5.97. The van der Waals surface area contributed by atoms with Crippen LogP contribution in [0.3, 0.4) is 0 Å². The predicted octanol–water partition coefficient (Wildman–Crippen LogP) is 3.57. The van der Waals surface area contributed by atoms with E-state index in [1.807, 2.05) is 24.3 Å². The van der Waals surface area contributed by atoms with E-state index in [0.29, 0.717) is 6.04 Å². The Bertz CT molecular complexity index is 408. The first-order valence-corrected chi connectivity index (χ1v) is 8.50. The number of hydrogen-bond donors (Lipinski definition) is 1. The van der Waals surface area contributed by atoms with Gasteiger partial charge in [-0.1, -0.05) is 31.0 Å². The van der Waals surface area contributed by atoms with Crippen LogP contribution < -0.4 is 10.1 Å². The lowest BCUT2D eigenvalue weighted by molar-refractivity contribution is 0.194. The van der Waals surface area contributed by atoms with Gasteiger partial charge in [-0.15, -0.1) is 0 Å². The molecular formula is C17H27ClN2O. The van der Waals surface area contributed by atoms with Crippen LogP contribution in [0.25, 0.3) is 0 Å². The van der Waals surface area contributed by atoms with Gasteiger partial charge in [-0.05, 0) is 50.6 Å². The highest BCUT2D eigenvalue weighted by molar-refractivity contribution is 6.30. The highest BCUT2D eigenvalue weighted by Crippen LogP contribution is 2.17. The molecule has 1 atom stereocenters. The Morgan fingerprint density at radius 1 is 1.38 bits per heavy atom. The smallest absolute Gasteiger partial charge is 0.120 e. The highest BCUT2D eigenvalue weighted by atomic mass is 35.5. The van der Waals surface area contributed by atoms with Crippen LogP contribution in [0, 0.1) is 0 Å². The third-order valence-electron chi connectivity index (χ3n) is 3.94. The summed E-state index contributed by atoms with van der Waals surface area (Å²) in [6.45, 7) is 7.41. The number of nitrogens with one attached hydrogen (secondary N) is 1. The van der Waals surface area contributed by atoms with Gasteiger partial charge in [0.15, 0.2) is 0 Å². The Labute approximate surface area is 133 Å². The largest absolute Gasteiger partial charge is 0.492 e. The number of unbranched alkanes of at least 4 members (excludes halogenated alkanes) is 1. The molecule has 0 amide bonds. The average Bonchev–Trinajstić information content (AvgIpc) is 2.97. The van der Waals surface area contributed by atoms with Gasteiger partial charge in [0.2, 0.25) is 0 Å². The molecule has 4 heteroatoms. The van der Waals surface area contributed by atoms with Gasteiger partial charge in [-0.3, -0.25) is 4.90 Å². The van der Waals surface area contributed by atoms with Gasteiger partial charge in [0.25, 0.3) is 0 Å². The Balaban J connectivity index is 1.74. The van der Waals surface area contributed by atoms with Gasteiger partial charge in [-0.2, -0.15) is 0 Å². The Hall–Kier alpha value is -0.770. The molecule has 1 aromatic carbocycles. The fourth-order valence-corrected chi connectivity index (χ4v) is 2.93. The predicted molar refractivity (Wildman–Crippen MR) is 89.3 cm³/mol. The quantitative estimate of drug-likeness (QED) is 0.754. The summed E-state index contributed by atoms with van der Waals surface area (Å²) in [5.41, 5.74) is 0. The zero-order valence-corrected chi connectivity index (χ0v) is 13.7. The second kappa shape index (κ2) is 9.29. The van der Waals surface area contributed by atoms with Gasteiger partial charge < -0.3 is 10.1 Å². The van der Waals surface area contributed by atoms with Crippen LogP contribution in [0.5, 0.6) is 5.75 Å². The van der Waals surface area contributed by atoms with Gasteiger partial charge in [-0.25, -0.2) is 0 Å². The molecule has 1 aromatic rings. The van der Waals surface area contributed by atoms with Gasteiger partial charge in [0.1, 0.15) is 12.4 Å². The minimum atomic E-state index is 0.660. The molecule has 118 valence electrons. The summed E-state index contributed by atoms with van der Waals surface area (Å²) in [6.07, 6.45) is 5.11. The number of nitrogens with zero attached hydrogens (tertiary/aromatic N) is 1. The summed E-state index contributed by atoms with van der Waals surface area (Å²) in [5.74, 6) is 0.858. The van der Waals surface area contributed by atoms with E-state index in [1.165, 1.54) is 32.2 Å². The van der Waals surface area contributed by atoms with E-state index in [0.717, 1.165) is 37.0 Å². The summed E-state index contributed by atoms with van der Waals surface area (Å²) in [5, 5.41) is 4.31. The third-order valence-corrected chi connectivity index (χ3v) is 4.18. The first-order valence-electron chi connectivity index (χ1n) is 8.12. The summed E-state index contributed by atoms with van der Waals surface area (Å²) in [4.78, 5) is 2.52. The van der Waals surface area contributed by atoms with Crippen molar-refractivity contribution in [3.8, 4) is 5.75 Å². The molecule has 3 nitrogen and oxygen atoms in total. The SMILES string of the molecule is CCCCN(CCOc1cccc(Cl)c1)CC1CCCN1. The molecular weight excluding hydrogens is 284 g/mol. The third kappa shape index (κ3) is 6.25. The van der Waals surface area contributed by atoms with Crippen LogP contribution in [-0.2, 0) is 0 Å². The van der Waals surface area contributed by atoms with Crippen molar-refractivity contribution in [3.05, 3.63) is 29.3 Å². The van der Waals surface area contributed by atoms with Crippen molar-refractivity contribution in [2.24, 2.45) is 0 Å². The van der Waals surface area contributed by atoms with E-state index in [4.69, 9.17) is 16.3 Å². The summed E-state index contributed by atoms with van der Waals surface area (Å²) < 4.78 is 5.82. The molecule has 21 heavy (non-hydrogen) atoms. The van der Waals surface area contributed by atoms with E-state index in [9.17, 15) is 0 Å². The van der Waals surface area contributed by atoms with Crippen molar-refractivity contribution < 1.29 is 4.74 Å². The minimum absolute atomic E-state index is 0.660. The number of ether oxygens (including phenoxy) is 1. The summed E-state index contributed by atoms with van der Waals surface area (Å²) in [6, 6.07) is 8.29. The van der Waals surface area contributed by atoms with Crippen LogP contribution >= 0.6 is 11.6 Å². The minimum Gasteiger partial charge on any atom is -0.492 e. The Morgan fingerprint density at radius 3 is 3.00 bits per heavy atom. The Morgan fingerprint density at radius 2 is 2.29 bits per heavy atom. The molecule has 0 spiro atoms. The number of benzene rings is 1. The molecule has 1 aliphatic rings. The second-order valence-electron chi connectivity index (χ2n) is 5.75. The lowest BCUT2D eigenvalue weighted by Crippen LogP contribution is -2.40. The zero-order chi connectivity index (χ0) is 14.9. The van der Waals surface area contributed by atoms with Crippen LogP contribution in [0.4, 0.5) is 0 Å². The fraction of sp³-hybridized carbons (Fsp3) is 0.647. The average molecular weight is 311 g/mol. The molecule has 1 aliphatic heterocycles. The van der Waals surface area contributed by atoms with Crippen LogP contribution in [-0.4, -0.2) is 43.7 Å². The van der Waals surface area contributed by atoms with Crippen LogP contribution in [0.15, 0.2) is 24.3 Å². The summed E-state index contributed by atoms with van der Waals surface area (Å²) in [7, 11) is 0. The first kappa shape index (κ1) is 16.6. The topological polar surface area (TPSA) is 24.5 Å². The van der Waals surface area contributed by atoms with E-state index in [1.54, 1.807) is 0 Å². The molecule has 2 rings (SSSR count). The normalized spacial score (nSPS) is 18.3. The monoisotopic (exact) mass is 310 g/mol. The standard InChI is InChI=1S/C17H27ClN2O/c1-2-3-10-20(14-16-7-5-9-19-16)11-12-21-17-8-4-6-15(18)13-17/h4,6,8,13,16,19H,2-3,5,7,9-12,14H2,1H3. The highest BCUT2D eigenvalue weighted by Gasteiger charge is 2.17. The zero-order valence-electron chi connectivity index (χ0n) is 13.0. The molecule has 0 aromatic heterocycles. The molecule has 0 saturated carbocycles. The number of hydrogen-bond acceptors (Lipinski definition) is 3. The first-order chi connectivity index (χ1) is 10.3. The Kier molecular flexibility index (Phi) is 7.34. The molecule has 0 radical (unpaired) electrons. The lowest BCUT2D eigenvalue weighted by atomic mass is 10.2. The number of rotatable bonds is 9. The van der Waals surface area contributed by atoms with Crippen molar-refractivity contribution in [2.75, 3.05) is 32.8 Å². The lowest BCUT2D eigenvalue weighted by Gasteiger charge is -2.25. The van der Waals surface area contributed by atoms with Crippen LogP contribution in [0.2, 0.25) is 5.02 Å². The molecule has 1 saturated heterocycles. The van der Waals surface area contributed by atoms with Crippen LogP contribution in [0.1, 0.15) is 32.6 Å². The number of halogens is 1. The maximum absolute atomic E-state index is 5.97. The van der Waals surface area contributed by atoms with Gasteiger partial charge in [0.05, 0.1) is 0 Å². The maximum Gasteiger partial charge on any atom is 0.120 e. The van der Waals surface area contributed by atoms with E-state index in [-0.39, 0.29) is 0 Å². The van der Waals surface area contributed by atoms with Gasteiger partial charge >= 0.3 is 0 Å². The maximum atomic E-state index is 5.97.